The van der Waals surface area contributed by atoms with E-state index in [0.29, 0.717) is 28.7 Å². The van der Waals surface area contributed by atoms with Gasteiger partial charge in [-0.3, -0.25) is 9.36 Å². The van der Waals surface area contributed by atoms with Crippen LogP contribution in [-0.4, -0.2) is 36.8 Å². The Morgan fingerprint density at radius 3 is 2.57 bits per heavy atom. The molecule has 0 bridgehead atoms. The molecule has 1 aliphatic carbocycles. The highest BCUT2D eigenvalue weighted by Gasteiger charge is 2.25. The first-order chi connectivity index (χ1) is 13.6. The summed E-state index contributed by atoms with van der Waals surface area (Å²) in [7, 11) is 0. The lowest BCUT2D eigenvalue weighted by molar-refractivity contribution is 0.712. The third-order valence-corrected chi connectivity index (χ3v) is 4.92. The van der Waals surface area contributed by atoms with Gasteiger partial charge in [-0.25, -0.2) is 9.97 Å². The normalized spacial score (nSPS) is 18.8. The zero-order valence-electron chi connectivity index (χ0n) is 15.3. The van der Waals surface area contributed by atoms with Crippen LogP contribution in [0.15, 0.2) is 47.7 Å². The molecule has 9 heteroatoms. The van der Waals surface area contributed by atoms with E-state index in [1.807, 2.05) is 19.1 Å². The van der Waals surface area contributed by atoms with E-state index in [9.17, 15) is 4.79 Å². The maximum atomic E-state index is 12.0. The van der Waals surface area contributed by atoms with Crippen molar-refractivity contribution in [2.75, 3.05) is 10.6 Å². The summed E-state index contributed by atoms with van der Waals surface area (Å²) in [5.41, 5.74) is 1.32. The Labute approximate surface area is 167 Å². The molecule has 0 aliphatic heterocycles. The minimum Gasteiger partial charge on any atom is -0.367 e. The average Bonchev–Trinajstić information content (AvgIpc) is 3.13. The first-order valence-electron chi connectivity index (χ1n) is 9.11. The van der Waals surface area contributed by atoms with Gasteiger partial charge in [0.15, 0.2) is 0 Å². The lowest BCUT2D eigenvalue weighted by Crippen LogP contribution is -2.22. The Morgan fingerprint density at radius 1 is 1.04 bits per heavy atom. The minimum absolute atomic E-state index is 0.149. The smallest absolute Gasteiger partial charge is 0.255 e. The molecular formula is C19H20ClN7O. The molecule has 0 unspecified atom stereocenters. The number of pyridine rings is 2. The van der Waals surface area contributed by atoms with Gasteiger partial charge in [-0.2, -0.15) is 5.10 Å². The molecule has 0 spiro atoms. The summed E-state index contributed by atoms with van der Waals surface area (Å²) < 4.78 is 1.48. The molecule has 3 aromatic heterocycles. The Kier molecular flexibility index (Phi) is 5.21. The van der Waals surface area contributed by atoms with Gasteiger partial charge in [-0.05, 0) is 44.4 Å². The second-order valence-electron chi connectivity index (χ2n) is 6.88. The molecule has 4 rings (SSSR count). The van der Waals surface area contributed by atoms with E-state index in [-0.39, 0.29) is 5.56 Å². The van der Waals surface area contributed by atoms with Gasteiger partial charge < -0.3 is 10.6 Å². The van der Waals surface area contributed by atoms with Gasteiger partial charge in [0, 0.05) is 24.3 Å². The third-order valence-electron chi connectivity index (χ3n) is 4.70. The minimum atomic E-state index is -0.149. The molecular weight excluding hydrogens is 378 g/mol. The van der Waals surface area contributed by atoms with E-state index < -0.39 is 0 Å². The number of hydrogen-bond acceptors (Lipinski definition) is 7. The molecule has 1 saturated carbocycles. The second kappa shape index (κ2) is 7.93. The monoisotopic (exact) mass is 397 g/mol. The fourth-order valence-corrected chi connectivity index (χ4v) is 3.47. The highest BCUT2D eigenvalue weighted by molar-refractivity contribution is 6.30. The maximum Gasteiger partial charge on any atom is 0.255 e. The topological polar surface area (TPSA) is 97.6 Å². The number of hydrogen-bond donors (Lipinski definition) is 2. The van der Waals surface area contributed by atoms with Crippen molar-refractivity contribution < 1.29 is 0 Å². The second-order valence-corrected chi connectivity index (χ2v) is 7.31. The highest BCUT2D eigenvalue weighted by atomic mass is 35.5. The molecule has 3 heterocycles. The van der Waals surface area contributed by atoms with Gasteiger partial charge in [0.1, 0.15) is 5.82 Å². The van der Waals surface area contributed by atoms with E-state index in [1.54, 1.807) is 24.7 Å². The van der Waals surface area contributed by atoms with Crippen molar-refractivity contribution in [3.05, 3.63) is 63.9 Å². The van der Waals surface area contributed by atoms with Crippen LogP contribution in [-0.2, 0) is 0 Å². The molecule has 1 fully saturated rings. The van der Waals surface area contributed by atoms with Crippen molar-refractivity contribution in [2.45, 2.75) is 38.3 Å². The van der Waals surface area contributed by atoms with Crippen molar-refractivity contribution in [1.82, 2.24) is 24.7 Å². The number of rotatable bonds is 5. The highest BCUT2D eigenvalue weighted by Crippen LogP contribution is 2.24. The van der Waals surface area contributed by atoms with Gasteiger partial charge >= 0.3 is 0 Å². The third kappa shape index (κ3) is 4.28. The summed E-state index contributed by atoms with van der Waals surface area (Å²) in [4.78, 5) is 20.7. The Bertz CT molecular complexity index is 1000. The first-order valence-corrected chi connectivity index (χ1v) is 9.49. The molecule has 0 saturated heterocycles. The van der Waals surface area contributed by atoms with Crippen LogP contribution in [0, 0.1) is 6.92 Å². The van der Waals surface area contributed by atoms with Gasteiger partial charge in [-0.1, -0.05) is 11.6 Å². The predicted octanol–water partition coefficient (Wildman–Crippen LogP) is 2.82. The maximum absolute atomic E-state index is 12.0. The van der Waals surface area contributed by atoms with Crippen LogP contribution in [0.25, 0.3) is 5.69 Å². The van der Waals surface area contributed by atoms with Crippen LogP contribution >= 0.6 is 11.6 Å². The summed E-state index contributed by atoms with van der Waals surface area (Å²) in [6, 6.07) is 7.34. The quantitative estimate of drug-likeness (QED) is 0.683. The summed E-state index contributed by atoms with van der Waals surface area (Å²) >= 11 is 5.98. The molecule has 8 nitrogen and oxygen atoms in total. The van der Waals surface area contributed by atoms with Crippen LogP contribution in [0.4, 0.5) is 11.8 Å². The largest absolute Gasteiger partial charge is 0.367 e. The van der Waals surface area contributed by atoms with Crippen molar-refractivity contribution in [3.63, 3.8) is 0 Å². The molecule has 144 valence electrons. The number of nitrogens with zero attached hydrogens (tertiary/aromatic N) is 5. The molecule has 28 heavy (non-hydrogen) atoms. The van der Waals surface area contributed by atoms with Crippen LogP contribution in [0.1, 0.15) is 25.0 Å². The average molecular weight is 398 g/mol. The lowest BCUT2D eigenvalue weighted by atomic mass is 10.2. The van der Waals surface area contributed by atoms with E-state index in [0.717, 1.165) is 30.8 Å². The first kappa shape index (κ1) is 18.4. The van der Waals surface area contributed by atoms with Crippen LogP contribution < -0.4 is 16.2 Å². The number of aryl methyl sites for hydroxylation is 1. The predicted molar refractivity (Wildman–Crippen MR) is 108 cm³/mol. The summed E-state index contributed by atoms with van der Waals surface area (Å²) in [6.07, 6.45) is 7.93. The molecule has 0 radical (unpaired) electrons. The van der Waals surface area contributed by atoms with Crippen LogP contribution in [0.2, 0.25) is 5.02 Å². The van der Waals surface area contributed by atoms with E-state index in [4.69, 9.17) is 11.6 Å². The van der Waals surface area contributed by atoms with Gasteiger partial charge in [0.2, 0.25) is 5.95 Å². The van der Waals surface area contributed by atoms with Gasteiger partial charge in [0.05, 0.1) is 28.8 Å². The van der Waals surface area contributed by atoms with Crippen LogP contribution in [0.5, 0.6) is 0 Å². The standard InChI is InChI=1S/C19H20ClN7O/c1-12-9-22-19(26-25-12)24-15-4-3-14(8-15)23-17-6-5-16(10-21-17)27-11-13(20)2-7-18(27)28/h2,5-7,9-11,14-15H,3-4,8H2,1H3,(H,21,23)(H,22,24,26)/t14-,15-/m0/s1. The lowest BCUT2D eigenvalue weighted by Gasteiger charge is -2.15. The van der Waals surface area contributed by atoms with Gasteiger partial charge in [0.25, 0.3) is 5.56 Å². The molecule has 3 aromatic rings. The summed E-state index contributed by atoms with van der Waals surface area (Å²) in [5, 5.41) is 15.4. The number of anilines is 2. The fraction of sp³-hybridized carbons (Fsp3) is 0.316. The molecule has 0 amide bonds. The van der Waals surface area contributed by atoms with Crippen molar-refractivity contribution in [3.8, 4) is 5.69 Å². The number of halogens is 1. The number of aromatic nitrogens is 5. The van der Waals surface area contributed by atoms with Gasteiger partial charge in [-0.15, -0.1) is 5.10 Å². The van der Waals surface area contributed by atoms with E-state index in [1.165, 1.54) is 10.6 Å². The molecule has 1 aliphatic rings. The van der Waals surface area contributed by atoms with E-state index in [2.05, 4.69) is 30.8 Å². The van der Waals surface area contributed by atoms with Crippen molar-refractivity contribution >= 4 is 23.4 Å². The Balaban J connectivity index is 1.36. The molecule has 2 N–H and O–H groups in total. The Hall–Kier alpha value is -3.00. The zero-order valence-corrected chi connectivity index (χ0v) is 16.1. The zero-order chi connectivity index (χ0) is 19.5. The summed E-state index contributed by atoms with van der Waals surface area (Å²) in [6.45, 7) is 1.86. The fourth-order valence-electron chi connectivity index (χ4n) is 3.31. The van der Waals surface area contributed by atoms with Crippen molar-refractivity contribution in [1.29, 1.82) is 0 Å². The van der Waals surface area contributed by atoms with Crippen molar-refractivity contribution in [2.24, 2.45) is 0 Å². The van der Waals surface area contributed by atoms with E-state index >= 15 is 0 Å². The Morgan fingerprint density at radius 2 is 1.86 bits per heavy atom. The SMILES string of the molecule is Cc1cnc(N[C@H]2CC[C@H](Nc3ccc(-n4cc(Cl)ccc4=O)cn3)C2)nn1. The molecule has 0 aromatic carbocycles. The van der Waals surface area contributed by atoms with Crippen LogP contribution in [0.3, 0.4) is 0 Å². The number of nitrogens with one attached hydrogen (secondary N) is 2. The molecule has 2 atom stereocenters. The summed E-state index contributed by atoms with van der Waals surface area (Å²) in [5.74, 6) is 1.34.